The van der Waals surface area contributed by atoms with Crippen LogP contribution in [-0.4, -0.2) is 58.9 Å². The van der Waals surface area contributed by atoms with E-state index in [9.17, 15) is 14.0 Å². The van der Waals surface area contributed by atoms with Crippen LogP contribution < -0.4 is 25.0 Å². The molecule has 3 heterocycles. The van der Waals surface area contributed by atoms with Crippen molar-refractivity contribution in [2.24, 2.45) is 0 Å². The highest BCUT2D eigenvalue weighted by molar-refractivity contribution is 9.10. The van der Waals surface area contributed by atoms with Gasteiger partial charge in [-0.25, -0.2) is 13.5 Å². The first-order valence-electron chi connectivity index (χ1n) is 16.4. The molecule has 1 N–H and O–H groups in total. The van der Waals surface area contributed by atoms with Crippen molar-refractivity contribution < 1.29 is 27.8 Å². The Morgan fingerprint density at radius 3 is 2.53 bits per heavy atom. The predicted octanol–water partition coefficient (Wildman–Crippen LogP) is 7.89. The molecule has 1 saturated heterocycles. The van der Waals surface area contributed by atoms with Gasteiger partial charge in [0.2, 0.25) is 5.43 Å². The van der Waals surface area contributed by atoms with E-state index < -0.39 is 28.7 Å². The molecule has 1 aliphatic heterocycles. The molecule has 0 aliphatic carbocycles. The van der Waals surface area contributed by atoms with Crippen LogP contribution in [0.1, 0.15) is 29.8 Å². The molecule has 0 unspecified atom stereocenters. The third-order valence-electron chi connectivity index (χ3n) is 8.62. The summed E-state index contributed by atoms with van der Waals surface area (Å²) in [4.78, 5) is 33.7. The lowest BCUT2D eigenvalue weighted by Gasteiger charge is -2.16. The fraction of sp³-hybridized carbons (Fsp3) is 0.211. The van der Waals surface area contributed by atoms with Crippen molar-refractivity contribution in [1.82, 2.24) is 19.7 Å². The molecule has 0 radical (unpaired) electrons. The van der Waals surface area contributed by atoms with Crippen molar-refractivity contribution in [3.05, 3.63) is 117 Å². The first-order chi connectivity index (χ1) is 24.8. The first kappa shape index (κ1) is 34.1. The molecule has 0 spiro atoms. The summed E-state index contributed by atoms with van der Waals surface area (Å²) >= 11 is 3.34. The summed E-state index contributed by atoms with van der Waals surface area (Å²) in [5, 5.41) is 7.70. The number of anilines is 1. The molecule has 13 heteroatoms. The average Bonchev–Trinajstić information content (AvgIpc) is 3.65. The number of aromatic nitrogens is 3. The summed E-state index contributed by atoms with van der Waals surface area (Å²) in [6.07, 6.45) is 4.93. The first-order valence-corrected chi connectivity index (χ1v) is 17.2. The quantitative estimate of drug-likeness (QED) is 0.133. The van der Waals surface area contributed by atoms with Crippen LogP contribution in [0.2, 0.25) is 0 Å². The zero-order valence-electron chi connectivity index (χ0n) is 27.5. The Morgan fingerprint density at radius 1 is 0.922 bits per heavy atom. The van der Waals surface area contributed by atoms with Crippen molar-refractivity contribution in [3.8, 4) is 28.7 Å². The van der Waals surface area contributed by atoms with E-state index in [-0.39, 0.29) is 16.8 Å². The maximum atomic E-state index is 15.5. The number of hydrogen-bond acceptors (Lipinski definition) is 8. The van der Waals surface area contributed by atoms with E-state index in [0.717, 1.165) is 32.1 Å². The highest BCUT2D eigenvalue weighted by atomic mass is 79.9. The number of rotatable bonds is 11. The molecule has 7 rings (SSSR count). The molecule has 0 saturated carbocycles. The molecule has 2 aromatic heterocycles. The van der Waals surface area contributed by atoms with Crippen LogP contribution in [0.15, 0.2) is 94.3 Å². The van der Waals surface area contributed by atoms with Crippen molar-refractivity contribution in [2.45, 2.75) is 19.3 Å². The molecule has 0 bridgehead atoms. The van der Waals surface area contributed by atoms with Crippen LogP contribution in [0, 0.1) is 11.6 Å². The van der Waals surface area contributed by atoms with Gasteiger partial charge in [0.05, 0.1) is 35.8 Å². The Hall–Kier alpha value is -5.40. The van der Waals surface area contributed by atoms with Crippen LogP contribution >= 0.6 is 15.9 Å². The zero-order valence-corrected chi connectivity index (χ0v) is 29.1. The Kier molecular flexibility index (Phi) is 9.91. The number of amides is 1. The topological polar surface area (TPSA) is 108 Å². The molecule has 0 atom stereocenters. The van der Waals surface area contributed by atoms with Gasteiger partial charge in [0.15, 0.2) is 28.8 Å². The normalized spacial score (nSPS) is 13.1. The number of hydrogen-bond donors (Lipinski definition) is 1. The third-order valence-corrected chi connectivity index (χ3v) is 9.25. The molecule has 1 amide bonds. The van der Waals surface area contributed by atoms with Gasteiger partial charge in [0.1, 0.15) is 11.6 Å². The number of carbonyl (C=O) groups excluding carboxylic acids is 1. The summed E-state index contributed by atoms with van der Waals surface area (Å²) in [7, 11) is 1.55. The lowest BCUT2D eigenvalue weighted by atomic mass is 10.1. The maximum absolute atomic E-state index is 15.5. The van der Waals surface area contributed by atoms with Crippen molar-refractivity contribution >= 4 is 49.3 Å². The van der Waals surface area contributed by atoms with E-state index >= 15 is 4.39 Å². The van der Waals surface area contributed by atoms with Gasteiger partial charge in [-0.05, 0) is 103 Å². The second-order valence-corrected chi connectivity index (χ2v) is 12.8. The van der Waals surface area contributed by atoms with Crippen LogP contribution in [0.5, 0.6) is 23.0 Å². The van der Waals surface area contributed by atoms with E-state index in [1.165, 1.54) is 47.9 Å². The van der Waals surface area contributed by atoms with Crippen LogP contribution in [0.4, 0.5) is 14.5 Å². The molecule has 10 nitrogen and oxygen atoms in total. The average molecular weight is 757 g/mol. The monoisotopic (exact) mass is 755 g/mol. The smallest absolute Gasteiger partial charge is 0.280 e. The van der Waals surface area contributed by atoms with Gasteiger partial charge < -0.3 is 24.4 Å². The molecule has 260 valence electrons. The molecule has 1 aliphatic rings. The number of benzene rings is 4. The lowest BCUT2D eigenvalue weighted by molar-refractivity contribution is 0.102. The Bertz CT molecular complexity index is 2330. The standard InChI is InChI=1S/C38H32BrF2N5O5/c1-49-34-21-26-29(22-35(34)50-18-6-17-45-15-4-5-16-45)42-14-13-32(26)51-33-12-10-24(20-28(33)41)43-38(48)36-37(47)25-7-2-3-8-30(25)46(44-36)31-11-9-23(40)19-27(31)39/h2-3,7-14,19-22H,4-6,15-18H2,1H3,(H,43,48). The second kappa shape index (κ2) is 14.8. The number of fused-ring (bicyclic) bond motifs is 2. The highest BCUT2D eigenvalue weighted by Crippen LogP contribution is 2.38. The van der Waals surface area contributed by atoms with E-state index in [1.807, 2.05) is 0 Å². The van der Waals surface area contributed by atoms with E-state index in [1.54, 1.807) is 55.8 Å². The number of nitrogens with zero attached hydrogens (tertiary/aromatic N) is 4. The van der Waals surface area contributed by atoms with Crippen LogP contribution in [0.3, 0.4) is 0 Å². The Labute approximate surface area is 299 Å². The molecule has 4 aromatic carbocycles. The lowest BCUT2D eigenvalue weighted by Crippen LogP contribution is -2.27. The second-order valence-electron chi connectivity index (χ2n) is 12.0. The number of halogens is 3. The highest BCUT2D eigenvalue weighted by Gasteiger charge is 2.21. The Morgan fingerprint density at radius 2 is 1.75 bits per heavy atom. The summed E-state index contributed by atoms with van der Waals surface area (Å²) < 4.78 is 48.7. The maximum Gasteiger partial charge on any atom is 0.280 e. The molecule has 6 aromatic rings. The van der Waals surface area contributed by atoms with Crippen LogP contribution in [0.25, 0.3) is 27.5 Å². The van der Waals surface area contributed by atoms with Gasteiger partial charge in [0, 0.05) is 40.4 Å². The largest absolute Gasteiger partial charge is 0.493 e. The fourth-order valence-corrected chi connectivity index (χ4v) is 6.62. The van der Waals surface area contributed by atoms with Gasteiger partial charge >= 0.3 is 0 Å². The van der Waals surface area contributed by atoms with Gasteiger partial charge in [-0.15, -0.1) is 0 Å². The van der Waals surface area contributed by atoms with Gasteiger partial charge in [0.25, 0.3) is 5.91 Å². The van der Waals surface area contributed by atoms with Crippen molar-refractivity contribution in [3.63, 3.8) is 0 Å². The number of likely N-dealkylation sites (tertiary alicyclic amines) is 1. The van der Waals surface area contributed by atoms with Gasteiger partial charge in [-0.3, -0.25) is 14.6 Å². The van der Waals surface area contributed by atoms with Gasteiger partial charge in [-0.2, -0.15) is 5.10 Å². The van der Waals surface area contributed by atoms with Crippen molar-refractivity contribution in [1.29, 1.82) is 0 Å². The van der Waals surface area contributed by atoms with E-state index in [2.05, 4.69) is 36.2 Å². The summed E-state index contributed by atoms with van der Waals surface area (Å²) in [5.74, 6) is -0.809. The third kappa shape index (κ3) is 7.26. The number of pyridine rings is 1. The van der Waals surface area contributed by atoms with Crippen molar-refractivity contribution in [2.75, 3.05) is 38.7 Å². The van der Waals surface area contributed by atoms with E-state index in [0.29, 0.717) is 50.4 Å². The SMILES string of the molecule is COc1cc2c(Oc3ccc(NC(=O)c4nn(-c5ccc(F)cc5Br)c5ccccc5c4=O)cc3F)ccnc2cc1OCCCN1CCCC1. The fourth-order valence-electron chi connectivity index (χ4n) is 6.10. The minimum absolute atomic E-state index is 0.0708. The number of carbonyl (C=O) groups is 1. The number of methoxy groups -OCH3 is 1. The summed E-state index contributed by atoms with van der Waals surface area (Å²) in [5.41, 5.74) is 0.422. The van der Waals surface area contributed by atoms with Crippen LogP contribution in [-0.2, 0) is 0 Å². The molecular weight excluding hydrogens is 724 g/mol. The Balaban J connectivity index is 1.10. The summed E-state index contributed by atoms with van der Waals surface area (Å²) in [6.45, 7) is 3.78. The molecule has 1 fully saturated rings. The predicted molar refractivity (Wildman–Crippen MR) is 194 cm³/mol. The zero-order chi connectivity index (χ0) is 35.5. The number of para-hydroxylation sites is 1. The number of ether oxygens (including phenoxy) is 3. The summed E-state index contributed by atoms with van der Waals surface area (Å²) in [6, 6.07) is 19.6. The molecular formula is C38H32BrF2N5O5. The number of nitrogens with one attached hydrogen (secondary N) is 1. The van der Waals surface area contributed by atoms with E-state index in [4.69, 9.17) is 14.2 Å². The minimum Gasteiger partial charge on any atom is -0.493 e. The minimum atomic E-state index is -0.855. The van der Waals surface area contributed by atoms with Gasteiger partial charge in [-0.1, -0.05) is 12.1 Å². The molecule has 51 heavy (non-hydrogen) atoms.